The fourth-order valence-electron chi connectivity index (χ4n) is 3.88. The molecule has 36 heavy (non-hydrogen) atoms. The highest BCUT2D eigenvalue weighted by atomic mass is 16.5. The van der Waals surface area contributed by atoms with E-state index < -0.39 is 17.9 Å². The number of esters is 2. The number of rotatable bonds is 6. The molecule has 0 aliphatic carbocycles. The normalized spacial score (nSPS) is 14.4. The smallest absolute Gasteiger partial charge is 0.343 e. The van der Waals surface area contributed by atoms with Gasteiger partial charge in [0.05, 0.1) is 30.3 Å². The number of allylic oxidation sites excluding steroid dienone is 1. The van der Waals surface area contributed by atoms with Crippen LogP contribution in [0, 0.1) is 11.3 Å². The van der Waals surface area contributed by atoms with Crippen LogP contribution in [-0.4, -0.2) is 25.2 Å². The zero-order valence-electron chi connectivity index (χ0n) is 20.0. The molecular weight excluding hydrogens is 460 g/mol. The topological polar surface area (TPSA) is 121 Å². The zero-order chi connectivity index (χ0) is 25.8. The number of nitrogens with zero attached hydrogens (tertiary/aromatic N) is 1. The van der Waals surface area contributed by atoms with Gasteiger partial charge in [0.15, 0.2) is 0 Å². The average Bonchev–Trinajstić information content (AvgIpc) is 2.87. The minimum atomic E-state index is -0.543. The van der Waals surface area contributed by atoms with Crippen molar-refractivity contribution in [2.75, 3.05) is 7.11 Å². The van der Waals surface area contributed by atoms with Crippen molar-refractivity contribution in [3.05, 3.63) is 100 Å². The van der Waals surface area contributed by atoms with Gasteiger partial charge in [0.1, 0.15) is 28.9 Å². The summed E-state index contributed by atoms with van der Waals surface area (Å²) in [6, 6.07) is 20.4. The zero-order valence-corrected chi connectivity index (χ0v) is 20.0. The summed E-state index contributed by atoms with van der Waals surface area (Å²) in [4.78, 5) is 24.4. The number of methoxy groups -OCH3 is 1. The minimum Gasteiger partial charge on any atom is -0.491 e. The van der Waals surface area contributed by atoms with E-state index in [1.807, 2.05) is 13.8 Å². The summed E-state index contributed by atoms with van der Waals surface area (Å²) in [7, 11) is 1.31. The molecule has 1 aliphatic rings. The van der Waals surface area contributed by atoms with Crippen LogP contribution in [0.4, 0.5) is 0 Å². The first kappa shape index (κ1) is 24.4. The van der Waals surface area contributed by atoms with Gasteiger partial charge in [0.25, 0.3) is 0 Å². The van der Waals surface area contributed by atoms with E-state index in [0.29, 0.717) is 28.2 Å². The van der Waals surface area contributed by atoms with Crippen LogP contribution in [-0.2, 0) is 4.74 Å². The third-order valence-corrected chi connectivity index (χ3v) is 5.53. The third kappa shape index (κ3) is 5.00. The molecule has 0 saturated carbocycles. The van der Waals surface area contributed by atoms with Crippen LogP contribution >= 0.6 is 0 Å². The Labute approximate surface area is 208 Å². The molecule has 1 heterocycles. The van der Waals surface area contributed by atoms with Crippen LogP contribution in [0.25, 0.3) is 0 Å². The molecule has 0 radical (unpaired) electrons. The molecule has 1 unspecified atom stereocenters. The fourth-order valence-corrected chi connectivity index (χ4v) is 3.88. The molecule has 2 N–H and O–H groups in total. The molecule has 3 aromatic carbocycles. The molecule has 8 nitrogen and oxygen atoms in total. The van der Waals surface area contributed by atoms with E-state index >= 15 is 0 Å². The van der Waals surface area contributed by atoms with Crippen LogP contribution in [0.1, 0.15) is 51.6 Å². The number of benzene rings is 3. The first-order valence-electron chi connectivity index (χ1n) is 11.2. The Bertz CT molecular complexity index is 1370. The molecule has 1 atom stereocenters. The van der Waals surface area contributed by atoms with E-state index in [0.717, 1.165) is 5.56 Å². The number of carbonyl (C=O) groups is 2. The van der Waals surface area contributed by atoms with Crippen LogP contribution in [0.3, 0.4) is 0 Å². The fraction of sp³-hybridized carbons (Fsp3) is 0.179. The van der Waals surface area contributed by atoms with E-state index in [1.165, 1.54) is 7.11 Å². The summed E-state index contributed by atoms with van der Waals surface area (Å²) >= 11 is 0. The summed E-state index contributed by atoms with van der Waals surface area (Å²) in [6.07, 6.45) is 0.0240. The largest absolute Gasteiger partial charge is 0.491 e. The Morgan fingerprint density at radius 1 is 0.944 bits per heavy atom. The van der Waals surface area contributed by atoms with Crippen molar-refractivity contribution >= 4 is 11.9 Å². The van der Waals surface area contributed by atoms with E-state index in [2.05, 4.69) is 6.07 Å². The summed E-state index contributed by atoms with van der Waals surface area (Å²) in [5.41, 5.74) is 8.45. The number of nitrogens with two attached hydrogens (primary N) is 1. The Hall–Kier alpha value is -4.77. The average molecular weight is 485 g/mol. The maximum Gasteiger partial charge on any atom is 0.343 e. The SMILES string of the molecule is COC(=O)c1ccc(C2C(C#N)=C(N)Oc3cc(OC(=O)c4ccc(OC(C)C)cc4)ccc32)cc1. The second kappa shape index (κ2) is 10.2. The predicted molar refractivity (Wildman–Crippen MR) is 131 cm³/mol. The van der Waals surface area contributed by atoms with Gasteiger partial charge in [-0.05, 0) is 61.9 Å². The van der Waals surface area contributed by atoms with E-state index in [9.17, 15) is 14.9 Å². The van der Waals surface area contributed by atoms with Crippen LogP contribution in [0.2, 0.25) is 0 Å². The maximum absolute atomic E-state index is 12.7. The lowest BCUT2D eigenvalue weighted by atomic mass is 9.83. The lowest BCUT2D eigenvalue weighted by molar-refractivity contribution is 0.0600. The molecule has 0 spiro atoms. The molecule has 4 rings (SSSR count). The van der Waals surface area contributed by atoms with Gasteiger partial charge in [-0.1, -0.05) is 18.2 Å². The summed E-state index contributed by atoms with van der Waals surface area (Å²) in [6.45, 7) is 3.84. The highest BCUT2D eigenvalue weighted by Gasteiger charge is 2.31. The Morgan fingerprint density at radius 2 is 1.56 bits per heavy atom. The van der Waals surface area contributed by atoms with Gasteiger partial charge in [-0.2, -0.15) is 5.26 Å². The van der Waals surface area contributed by atoms with Crippen molar-refractivity contribution in [2.45, 2.75) is 25.9 Å². The lowest BCUT2D eigenvalue weighted by Crippen LogP contribution is -2.21. The monoisotopic (exact) mass is 484 g/mol. The van der Waals surface area contributed by atoms with E-state index in [-0.39, 0.29) is 23.3 Å². The molecule has 0 fully saturated rings. The number of fused-ring (bicyclic) bond motifs is 1. The molecule has 182 valence electrons. The number of hydrogen-bond acceptors (Lipinski definition) is 8. The Morgan fingerprint density at radius 3 is 2.17 bits per heavy atom. The summed E-state index contributed by atoms with van der Waals surface area (Å²) < 4.78 is 21.6. The number of hydrogen-bond donors (Lipinski definition) is 1. The van der Waals surface area contributed by atoms with E-state index in [1.54, 1.807) is 66.7 Å². The van der Waals surface area contributed by atoms with Crippen LogP contribution in [0.5, 0.6) is 17.2 Å². The number of carbonyl (C=O) groups excluding carboxylic acids is 2. The van der Waals surface area contributed by atoms with Gasteiger partial charge in [0, 0.05) is 11.6 Å². The van der Waals surface area contributed by atoms with Gasteiger partial charge in [-0.3, -0.25) is 0 Å². The van der Waals surface area contributed by atoms with Crippen molar-refractivity contribution in [1.82, 2.24) is 0 Å². The molecular formula is C28H24N2O6. The Kier molecular flexibility index (Phi) is 6.93. The quantitative estimate of drug-likeness (QED) is 0.395. The lowest BCUT2D eigenvalue weighted by Gasteiger charge is -2.26. The molecule has 1 aliphatic heterocycles. The van der Waals surface area contributed by atoms with Gasteiger partial charge in [-0.25, -0.2) is 9.59 Å². The third-order valence-electron chi connectivity index (χ3n) is 5.53. The molecule has 0 amide bonds. The summed E-state index contributed by atoms with van der Waals surface area (Å²) in [5, 5.41) is 9.75. The van der Waals surface area contributed by atoms with Crippen LogP contribution < -0.4 is 19.9 Å². The first-order valence-corrected chi connectivity index (χ1v) is 11.2. The van der Waals surface area contributed by atoms with Crippen molar-refractivity contribution < 1.29 is 28.5 Å². The number of nitriles is 1. The van der Waals surface area contributed by atoms with Crippen molar-refractivity contribution in [2.24, 2.45) is 5.73 Å². The van der Waals surface area contributed by atoms with Gasteiger partial charge >= 0.3 is 11.9 Å². The second-order valence-corrected chi connectivity index (χ2v) is 8.32. The van der Waals surface area contributed by atoms with Crippen LogP contribution in [0.15, 0.2) is 78.2 Å². The Balaban J connectivity index is 1.60. The van der Waals surface area contributed by atoms with Gasteiger partial charge in [-0.15, -0.1) is 0 Å². The molecule has 0 bridgehead atoms. The van der Waals surface area contributed by atoms with Gasteiger partial charge in [0.2, 0.25) is 5.88 Å². The standard InChI is InChI=1S/C28H24N2O6/c1-16(2)34-20-10-8-19(9-11-20)28(32)35-21-12-13-22-24(14-21)36-26(30)23(15-29)25(22)17-4-6-18(7-5-17)27(31)33-3/h4-14,16,25H,30H2,1-3H3. The summed E-state index contributed by atoms with van der Waals surface area (Å²) in [5.74, 6) is -0.297. The van der Waals surface area contributed by atoms with Crippen molar-refractivity contribution in [3.8, 4) is 23.3 Å². The first-order chi connectivity index (χ1) is 17.3. The van der Waals surface area contributed by atoms with Gasteiger partial charge < -0.3 is 24.7 Å². The van der Waals surface area contributed by atoms with E-state index in [4.69, 9.17) is 24.7 Å². The molecule has 3 aromatic rings. The molecule has 0 saturated heterocycles. The minimum absolute atomic E-state index is 0.0240. The highest BCUT2D eigenvalue weighted by Crippen LogP contribution is 2.43. The number of ether oxygens (including phenoxy) is 4. The second-order valence-electron chi connectivity index (χ2n) is 8.32. The predicted octanol–water partition coefficient (Wildman–Crippen LogP) is 4.70. The highest BCUT2D eigenvalue weighted by molar-refractivity contribution is 5.91. The van der Waals surface area contributed by atoms with Crippen molar-refractivity contribution in [3.63, 3.8) is 0 Å². The van der Waals surface area contributed by atoms with Crippen molar-refractivity contribution in [1.29, 1.82) is 5.26 Å². The molecule has 8 heteroatoms. The maximum atomic E-state index is 12.7. The molecule has 0 aromatic heterocycles.